The van der Waals surface area contributed by atoms with Crippen LogP contribution in [0, 0.1) is 0 Å². The minimum atomic E-state index is -1.00. The molecule has 0 spiro atoms. The minimum Gasteiger partial charge on any atom is -0.478 e. The number of rotatable bonds is 5. The average molecular weight is 356 g/mol. The first-order valence-electron chi connectivity index (χ1n) is 5.94. The molecule has 0 amide bonds. The summed E-state index contributed by atoms with van der Waals surface area (Å²) in [5.74, 6) is -0.517. The highest BCUT2D eigenvalue weighted by Crippen LogP contribution is 2.19. The van der Waals surface area contributed by atoms with Gasteiger partial charge in [0.2, 0.25) is 0 Å². The van der Waals surface area contributed by atoms with Crippen molar-refractivity contribution in [3.05, 3.63) is 63.6 Å². The smallest absolute Gasteiger partial charge is 0.345 e. The molecule has 0 aliphatic rings. The van der Waals surface area contributed by atoms with Crippen LogP contribution in [0.2, 0.25) is 5.02 Å². The van der Waals surface area contributed by atoms with Crippen LogP contribution in [0.25, 0.3) is 0 Å². The van der Waals surface area contributed by atoms with Gasteiger partial charge in [-0.3, -0.25) is 0 Å². The monoisotopic (exact) mass is 354 g/mol. The van der Waals surface area contributed by atoms with Crippen molar-refractivity contribution in [1.82, 2.24) is 0 Å². The van der Waals surface area contributed by atoms with E-state index < -0.39 is 12.1 Å². The normalized spacial score (nSPS) is 11.9. The molecule has 1 N–H and O–H groups in total. The third-order valence-electron chi connectivity index (χ3n) is 2.68. The number of benzene rings is 2. The maximum Gasteiger partial charge on any atom is 0.345 e. The van der Waals surface area contributed by atoms with E-state index >= 15 is 0 Å². The van der Waals surface area contributed by atoms with Gasteiger partial charge in [0, 0.05) is 15.9 Å². The van der Waals surface area contributed by atoms with Crippen molar-refractivity contribution in [3.63, 3.8) is 0 Å². The number of carbonyl (C=O) groups is 1. The maximum atomic E-state index is 11.3. The molecule has 20 heavy (non-hydrogen) atoms. The molecular weight excluding hydrogens is 344 g/mol. The summed E-state index contributed by atoms with van der Waals surface area (Å²) < 4.78 is 6.41. The number of carboxylic acid groups (broad SMARTS) is 1. The van der Waals surface area contributed by atoms with Gasteiger partial charge in [-0.25, -0.2) is 4.79 Å². The summed E-state index contributed by atoms with van der Waals surface area (Å²) in [6.07, 6.45) is -0.650. The first kappa shape index (κ1) is 14.9. The fraction of sp³-hybridized carbons (Fsp3) is 0.133. The molecule has 0 aliphatic carbocycles. The zero-order valence-electron chi connectivity index (χ0n) is 10.4. The molecule has 2 aromatic rings. The standard InChI is InChI=1S/C15H12BrClO3/c16-11-3-1-2-10(8-11)9-14(15(18)19)20-13-6-4-12(17)5-7-13/h1-8,14H,9H2,(H,18,19). The van der Waals surface area contributed by atoms with Crippen LogP contribution in [0.4, 0.5) is 0 Å². The van der Waals surface area contributed by atoms with Crippen molar-refractivity contribution in [1.29, 1.82) is 0 Å². The molecule has 0 radical (unpaired) electrons. The summed E-state index contributed by atoms with van der Waals surface area (Å²) in [4.78, 5) is 11.3. The second-order valence-electron chi connectivity index (χ2n) is 4.23. The number of ether oxygens (including phenoxy) is 1. The van der Waals surface area contributed by atoms with Crippen molar-refractivity contribution in [3.8, 4) is 5.75 Å². The van der Waals surface area contributed by atoms with Crippen LogP contribution in [-0.2, 0) is 11.2 Å². The van der Waals surface area contributed by atoms with Gasteiger partial charge in [-0.1, -0.05) is 39.7 Å². The third-order valence-corrected chi connectivity index (χ3v) is 3.42. The predicted molar refractivity (Wildman–Crippen MR) is 81.3 cm³/mol. The van der Waals surface area contributed by atoms with Gasteiger partial charge in [-0.2, -0.15) is 0 Å². The fourth-order valence-corrected chi connectivity index (χ4v) is 2.31. The van der Waals surface area contributed by atoms with Gasteiger partial charge < -0.3 is 9.84 Å². The number of carboxylic acids is 1. The van der Waals surface area contributed by atoms with Crippen molar-refractivity contribution in [2.75, 3.05) is 0 Å². The van der Waals surface area contributed by atoms with Gasteiger partial charge in [0.25, 0.3) is 0 Å². The third kappa shape index (κ3) is 4.25. The molecule has 1 unspecified atom stereocenters. The molecule has 2 rings (SSSR count). The Morgan fingerprint density at radius 3 is 2.55 bits per heavy atom. The molecule has 0 aliphatic heterocycles. The Labute approximate surface area is 130 Å². The predicted octanol–water partition coefficient (Wildman–Crippen LogP) is 4.18. The lowest BCUT2D eigenvalue weighted by Crippen LogP contribution is -2.29. The number of hydrogen-bond acceptors (Lipinski definition) is 2. The van der Waals surface area contributed by atoms with Crippen LogP contribution in [0.3, 0.4) is 0 Å². The van der Waals surface area contributed by atoms with Crippen LogP contribution < -0.4 is 4.74 Å². The molecule has 0 saturated heterocycles. The Balaban J connectivity index is 2.11. The van der Waals surface area contributed by atoms with Gasteiger partial charge in [0.1, 0.15) is 5.75 Å². The lowest BCUT2D eigenvalue weighted by Gasteiger charge is -2.15. The van der Waals surface area contributed by atoms with Crippen molar-refractivity contribution in [2.24, 2.45) is 0 Å². The van der Waals surface area contributed by atoms with E-state index in [9.17, 15) is 9.90 Å². The fourth-order valence-electron chi connectivity index (χ4n) is 1.73. The zero-order chi connectivity index (χ0) is 14.5. The van der Waals surface area contributed by atoms with E-state index in [4.69, 9.17) is 16.3 Å². The number of hydrogen-bond donors (Lipinski definition) is 1. The topological polar surface area (TPSA) is 46.5 Å². The highest BCUT2D eigenvalue weighted by molar-refractivity contribution is 9.10. The lowest BCUT2D eigenvalue weighted by atomic mass is 10.1. The molecule has 5 heteroatoms. The highest BCUT2D eigenvalue weighted by atomic mass is 79.9. The van der Waals surface area contributed by atoms with Crippen LogP contribution in [0.1, 0.15) is 5.56 Å². The first-order chi connectivity index (χ1) is 9.54. The van der Waals surface area contributed by atoms with Gasteiger partial charge in [0.05, 0.1) is 0 Å². The summed E-state index contributed by atoms with van der Waals surface area (Å²) in [6.45, 7) is 0. The molecule has 0 fully saturated rings. The van der Waals surface area contributed by atoms with Gasteiger partial charge in [-0.15, -0.1) is 0 Å². The summed E-state index contributed by atoms with van der Waals surface area (Å²) in [7, 11) is 0. The van der Waals surface area contributed by atoms with Crippen molar-refractivity contribution >= 4 is 33.5 Å². The quantitative estimate of drug-likeness (QED) is 0.875. The van der Waals surface area contributed by atoms with Gasteiger partial charge in [-0.05, 0) is 42.0 Å². The molecule has 1 atom stereocenters. The van der Waals surface area contributed by atoms with Crippen LogP contribution in [0.5, 0.6) is 5.75 Å². The van der Waals surface area contributed by atoms with E-state index in [-0.39, 0.29) is 6.42 Å². The van der Waals surface area contributed by atoms with E-state index in [1.165, 1.54) is 0 Å². The second kappa shape index (κ2) is 6.77. The largest absolute Gasteiger partial charge is 0.478 e. The summed E-state index contributed by atoms with van der Waals surface area (Å²) in [5.41, 5.74) is 0.890. The molecule has 0 heterocycles. The molecule has 0 saturated carbocycles. The first-order valence-corrected chi connectivity index (χ1v) is 7.11. The summed E-state index contributed by atoms with van der Waals surface area (Å²) in [6, 6.07) is 14.1. The Hall–Kier alpha value is -1.52. The van der Waals surface area contributed by atoms with E-state index in [1.807, 2.05) is 24.3 Å². The second-order valence-corrected chi connectivity index (χ2v) is 5.58. The van der Waals surface area contributed by atoms with E-state index in [0.717, 1.165) is 10.0 Å². The molecule has 104 valence electrons. The number of halogens is 2. The SMILES string of the molecule is O=C(O)C(Cc1cccc(Br)c1)Oc1ccc(Cl)cc1. The Kier molecular flexibility index (Phi) is 5.04. The summed E-state index contributed by atoms with van der Waals surface area (Å²) >= 11 is 9.14. The van der Waals surface area contributed by atoms with Crippen molar-refractivity contribution in [2.45, 2.75) is 12.5 Å². The van der Waals surface area contributed by atoms with E-state index in [2.05, 4.69) is 15.9 Å². The molecule has 0 bridgehead atoms. The minimum absolute atomic E-state index is 0.289. The Bertz CT molecular complexity index is 598. The van der Waals surface area contributed by atoms with Gasteiger partial charge >= 0.3 is 5.97 Å². The molecular formula is C15H12BrClO3. The lowest BCUT2D eigenvalue weighted by molar-refractivity contribution is -0.145. The van der Waals surface area contributed by atoms with Crippen molar-refractivity contribution < 1.29 is 14.6 Å². The summed E-state index contributed by atoms with van der Waals surface area (Å²) in [5, 5.41) is 9.84. The molecule has 3 nitrogen and oxygen atoms in total. The van der Waals surface area contributed by atoms with Crippen LogP contribution in [-0.4, -0.2) is 17.2 Å². The number of aliphatic carboxylic acids is 1. The van der Waals surface area contributed by atoms with Gasteiger partial charge in [0.15, 0.2) is 6.10 Å². The van der Waals surface area contributed by atoms with E-state index in [0.29, 0.717) is 10.8 Å². The average Bonchev–Trinajstić information content (AvgIpc) is 2.40. The molecule has 0 aromatic heterocycles. The van der Waals surface area contributed by atoms with Crippen LogP contribution in [0.15, 0.2) is 53.0 Å². The maximum absolute atomic E-state index is 11.3. The Morgan fingerprint density at radius 1 is 1.25 bits per heavy atom. The van der Waals surface area contributed by atoms with E-state index in [1.54, 1.807) is 24.3 Å². The highest BCUT2D eigenvalue weighted by Gasteiger charge is 2.20. The Morgan fingerprint density at radius 2 is 1.95 bits per heavy atom. The van der Waals surface area contributed by atoms with Crippen LogP contribution >= 0.6 is 27.5 Å². The molecule has 2 aromatic carbocycles. The zero-order valence-corrected chi connectivity index (χ0v) is 12.8.